The molecule has 9 nitrogen and oxygen atoms in total. The van der Waals surface area contributed by atoms with E-state index < -0.39 is 11.4 Å². The number of rotatable bonds is 7. The number of aromatic amines is 1. The number of H-pyrrole nitrogens is 1. The Kier molecular flexibility index (Phi) is 6.49. The van der Waals surface area contributed by atoms with Crippen LogP contribution < -0.4 is 16.0 Å². The number of nitrogens with zero attached hydrogens (tertiary/aromatic N) is 1. The van der Waals surface area contributed by atoms with E-state index in [-0.39, 0.29) is 17.6 Å². The van der Waals surface area contributed by atoms with Crippen LogP contribution in [-0.4, -0.2) is 32.9 Å². The molecule has 4 aromatic rings. The van der Waals surface area contributed by atoms with E-state index in [2.05, 4.69) is 25.9 Å². The molecule has 1 aromatic heterocycles. The molecule has 0 spiro atoms. The number of aliphatic carboxylic acids is 1. The third kappa shape index (κ3) is 5.02. The number of fused-ring (bicyclic) bond motifs is 1. The molecule has 2 amide bonds. The molecule has 3 aromatic carbocycles. The SMILES string of the molecule is Cc1c[nH]c(C(=O)Nc2ccc3c(c2)NC(=O)/C3=C(\Nc2ccc(C(C)(C)C(=O)O)cc2)c2ccccc2)n1. The second kappa shape index (κ2) is 9.94. The molecule has 0 bridgehead atoms. The number of imidazole rings is 1. The summed E-state index contributed by atoms with van der Waals surface area (Å²) in [5.74, 6) is -1.38. The predicted octanol–water partition coefficient (Wildman–Crippen LogP) is 5.27. The summed E-state index contributed by atoms with van der Waals surface area (Å²) in [5, 5.41) is 18.6. The zero-order valence-electron chi connectivity index (χ0n) is 21.6. The number of nitrogens with one attached hydrogen (secondary N) is 4. The lowest BCUT2D eigenvalue weighted by Crippen LogP contribution is -2.28. The Labute approximate surface area is 225 Å². The van der Waals surface area contributed by atoms with E-state index in [1.54, 1.807) is 69.4 Å². The van der Waals surface area contributed by atoms with Gasteiger partial charge in [-0.05, 0) is 62.2 Å². The van der Waals surface area contributed by atoms with Gasteiger partial charge in [-0.2, -0.15) is 0 Å². The Morgan fingerprint density at radius 2 is 1.62 bits per heavy atom. The number of carbonyl (C=O) groups excluding carboxylic acids is 2. The molecule has 9 heteroatoms. The third-order valence-corrected chi connectivity index (χ3v) is 6.67. The third-order valence-electron chi connectivity index (χ3n) is 6.67. The lowest BCUT2D eigenvalue weighted by atomic mass is 9.85. The zero-order chi connectivity index (χ0) is 27.7. The minimum atomic E-state index is -1.04. The van der Waals surface area contributed by atoms with Crippen LogP contribution in [-0.2, 0) is 15.0 Å². The maximum Gasteiger partial charge on any atom is 0.313 e. The zero-order valence-corrected chi connectivity index (χ0v) is 21.6. The number of anilines is 3. The lowest BCUT2D eigenvalue weighted by Gasteiger charge is -2.20. The van der Waals surface area contributed by atoms with E-state index in [0.29, 0.717) is 45.2 Å². The van der Waals surface area contributed by atoms with Crippen LogP contribution >= 0.6 is 0 Å². The van der Waals surface area contributed by atoms with E-state index in [1.807, 2.05) is 30.3 Å². The highest BCUT2D eigenvalue weighted by molar-refractivity contribution is 6.37. The van der Waals surface area contributed by atoms with Crippen molar-refractivity contribution in [1.82, 2.24) is 9.97 Å². The van der Waals surface area contributed by atoms with Gasteiger partial charge < -0.3 is 26.0 Å². The highest BCUT2D eigenvalue weighted by atomic mass is 16.4. The van der Waals surface area contributed by atoms with Crippen molar-refractivity contribution < 1.29 is 19.5 Å². The average Bonchev–Trinajstić information content (AvgIpc) is 3.50. The van der Waals surface area contributed by atoms with E-state index in [9.17, 15) is 19.5 Å². The van der Waals surface area contributed by atoms with Gasteiger partial charge >= 0.3 is 5.97 Å². The summed E-state index contributed by atoms with van der Waals surface area (Å²) < 4.78 is 0. The smallest absolute Gasteiger partial charge is 0.313 e. The van der Waals surface area contributed by atoms with Crippen LogP contribution in [0.4, 0.5) is 17.1 Å². The van der Waals surface area contributed by atoms with Crippen molar-refractivity contribution in [3.8, 4) is 0 Å². The monoisotopic (exact) mass is 521 g/mol. The molecule has 0 fully saturated rings. The summed E-state index contributed by atoms with van der Waals surface area (Å²) in [7, 11) is 0. The van der Waals surface area contributed by atoms with Gasteiger partial charge in [0.2, 0.25) is 0 Å². The minimum Gasteiger partial charge on any atom is -0.481 e. The van der Waals surface area contributed by atoms with E-state index in [0.717, 1.165) is 5.56 Å². The van der Waals surface area contributed by atoms with Gasteiger partial charge in [0.25, 0.3) is 11.8 Å². The van der Waals surface area contributed by atoms with E-state index in [4.69, 9.17) is 0 Å². The number of hydrogen-bond donors (Lipinski definition) is 5. The number of hydrogen-bond acceptors (Lipinski definition) is 5. The first kappa shape index (κ1) is 25.5. The summed E-state index contributed by atoms with van der Waals surface area (Å²) in [6.07, 6.45) is 1.65. The van der Waals surface area contributed by atoms with Crippen LogP contribution in [0.1, 0.15) is 46.9 Å². The maximum absolute atomic E-state index is 13.3. The van der Waals surface area contributed by atoms with Gasteiger partial charge in [-0.25, -0.2) is 4.98 Å². The molecule has 0 saturated carbocycles. The molecule has 2 heterocycles. The van der Waals surface area contributed by atoms with Crippen molar-refractivity contribution in [3.63, 3.8) is 0 Å². The molecule has 0 unspecified atom stereocenters. The van der Waals surface area contributed by atoms with Gasteiger partial charge in [-0.15, -0.1) is 0 Å². The maximum atomic E-state index is 13.3. The Morgan fingerprint density at radius 3 is 2.26 bits per heavy atom. The van der Waals surface area contributed by atoms with E-state index in [1.165, 1.54) is 0 Å². The molecule has 0 saturated heterocycles. The van der Waals surface area contributed by atoms with Gasteiger partial charge in [0.1, 0.15) is 0 Å². The summed E-state index contributed by atoms with van der Waals surface area (Å²) in [6, 6.07) is 21.8. The largest absolute Gasteiger partial charge is 0.481 e. The Bertz CT molecular complexity index is 1620. The molecule has 196 valence electrons. The van der Waals surface area contributed by atoms with Crippen molar-refractivity contribution >= 4 is 46.1 Å². The van der Waals surface area contributed by atoms with Gasteiger partial charge in [0, 0.05) is 23.1 Å². The summed E-state index contributed by atoms with van der Waals surface area (Å²) in [5.41, 5.74) is 4.65. The van der Waals surface area contributed by atoms with Gasteiger partial charge in [-0.3, -0.25) is 14.4 Å². The van der Waals surface area contributed by atoms with Crippen LogP contribution in [0.2, 0.25) is 0 Å². The fourth-order valence-electron chi connectivity index (χ4n) is 4.34. The van der Waals surface area contributed by atoms with Crippen LogP contribution in [0.3, 0.4) is 0 Å². The number of aromatic nitrogens is 2. The molecule has 39 heavy (non-hydrogen) atoms. The van der Waals surface area contributed by atoms with Crippen molar-refractivity contribution in [2.24, 2.45) is 0 Å². The minimum absolute atomic E-state index is 0.200. The number of carboxylic acid groups (broad SMARTS) is 1. The molecule has 1 aliphatic rings. The molecule has 5 N–H and O–H groups in total. The number of amides is 2. The number of benzene rings is 3. The summed E-state index contributed by atoms with van der Waals surface area (Å²) >= 11 is 0. The van der Waals surface area contributed by atoms with Crippen LogP contribution in [0.25, 0.3) is 11.3 Å². The Hall–Kier alpha value is -5.18. The molecular formula is C30H27N5O4. The predicted molar refractivity (Wildman–Crippen MR) is 150 cm³/mol. The first-order chi connectivity index (χ1) is 18.6. The van der Waals surface area contributed by atoms with E-state index >= 15 is 0 Å². The van der Waals surface area contributed by atoms with Gasteiger partial charge in [-0.1, -0.05) is 42.5 Å². The molecule has 0 radical (unpaired) electrons. The van der Waals surface area contributed by atoms with Gasteiger partial charge in [0.05, 0.1) is 28.1 Å². The van der Waals surface area contributed by atoms with Crippen molar-refractivity contribution in [1.29, 1.82) is 0 Å². The highest BCUT2D eigenvalue weighted by Gasteiger charge is 2.30. The average molecular weight is 522 g/mol. The number of aryl methyl sites for hydroxylation is 1. The molecule has 0 aliphatic carbocycles. The quantitative estimate of drug-likeness (QED) is 0.210. The summed E-state index contributed by atoms with van der Waals surface area (Å²) in [6.45, 7) is 5.10. The lowest BCUT2D eigenvalue weighted by molar-refractivity contribution is -0.142. The summed E-state index contributed by atoms with van der Waals surface area (Å²) in [4.78, 5) is 44.4. The molecule has 1 aliphatic heterocycles. The fraction of sp³-hybridized carbons (Fsp3) is 0.133. The van der Waals surface area contributed by atoms with Crippen molar-refractivity contribution in [2.45, 2.75) is 26.2 Å². The van der Waals surface area contributed by atoms with Crippen LogP contribution in [0, 0.1) is 6.92 Å². The normalized spacial score (nSPS) is 13.9. The molecular weight excluding hydrogens is 494 g/mol. The van der Waals surface area contributed by atoms with Crippen LogP contribution in [0.15, 0.2) is 79.0 Å². The second-order valence-electron chi connectivity index (χ2n) is 9.81. The Morgan fingerprint density at radius 1 is 0.923 bits per heavy atom. The van der Waals surface area contributed by atoms with Crippen molar-refractivity contribution in [3.05, 3.63) is 107 Å². The Balaban J connectivity index is 1.50. The molecule has 5 rings (SSSR count). The molecule has 0 atom stereocenters. The van der Waals surface area contributed by atoms with Gasteiger partial charge in [0.15, 0.2) is 5.82 Å². The first-order valence-corrected chi connectivity index (χ1v) is 12.3. The number of carbonyl (C=O) groups is 3. The standard InChI is InChI=1S/C30H27N5O4/c1-17-16-31-26(32-17)28(37)34-21-13-14-22-23(15-21)35-27(36)24(22)25(18-7-5-4-6-8-18)33-20-11-9-19(10-12-20)30(2,3)29(38)39/h4-16,33H,1-3H3,(H,31,32)(H,34,37)(H,35,36)(H,38,39)/b25-24-. The fourth-order valence-corrected chi connectivity index (χ4v) is 4.34. The highest BCUT2D eigenvalue weighted by Crippen LogP contribution is 2.39. The number of carboxylic acids is 1. The van der Waals surface area contributed by atoms with Crippen molar-refractivity contribution in [2.75, 3.05) is 16.0 Å². The van der Waals surface area contributed by atoms with Crippen LogP contribution in [0.5, 0.6) is 0 Å². The second-order valence-corrected chi connectivity index (χ2v) is 9.81. The topological polar surface area (TPSA) is 136 Å². The first-order valence-electron chi connectivity index (χ1n) is 12.3.